The third-order valence-corrected chi connectivity index (χ3v) is 4.13. The lowest BCUT2D eigenvalue weighted by molar-refractivity contribution is 0.383. The summed E-state index contributed by atoms with van der Waals surface area (Å²) in [6.45, 7) is 6.38. The highest BCUT2D eigenvalue weighted by molar-refractivity contribution is 5.92. The summed E-state index contributed by atoms with van der Waals surface area (Å²) >= 11 is 0. The zero-order valence-corrected chi connectivity index (χ0v) is 11.6. The van der Waals surface area contributed by atoms with E-state index >= 15 is 0 Å². The molecular formula is C16H21N3. The van der Waals surface area contributed by atoms with Gasteiger partial charge in [0.2, 0.25) is 0 Å². The van der Waals surface area contributed by atoms with Crippen molar-refractivity contribution in [1.29, 1.82) is 0 Å². The van der Waals surface area contributed by atoms with Gasteiger partial charge in [-0.25, -0.2) is 0 Å². The highest BCUT2D eigenvalue weighted by Gasteiger charge is 2.24. The molecule has 2 aromatic rings. The van der Waals surface area contributed by atoms with Gasteiger partial charge in [0.1, 0.15) is 0 Å². The third-order valence-electron chi connectivity index (χ3n) is 4.13. The molecule has 1 fully saturated rings. The number of hydrogen-bond acceptors (Lipinski definition) is 3. The van der Waals surface area contributed by atoms with Crippen molar-refractivity contribution in [3.63, 3.8) is 0 Å². The van der Waals surface area contributed by atoms with E-state index < -0.39 is 0 Å². The molecule has 1 aromatic carbocycles. The van der Waals surface area contributed by atoms with Crippen LogP contribution in [-0.2, 0) is 0 Å². The predicted molar refractivity (Wildman–Crippen MR) is 80.4 cm³/mol. The number of aryl methyl sites for hydroxylation is 1. The van der Waals surface area contributed by atoms with Crippen LogP contribution < -0.4 is 10.6 Å². The molecule has 0 amide bonds. The lowest BCUT2D eigenvalue weighted by atomic mass is 9.94. The van der Waals surface area contributed by atoms with E-state index in [1.165, 1.54) is 11.1 Å². The van der Waals surface area contributed by atoms with Crippen molar-refractivity contribution in [3.8, 4) is 0 Å². The number of pyridine rings is 1. The highest BCUT2D eigenvalue weighted by Crippen LogP contribution is 2.29. The minimum Gasteiger partial charge on any atom is -0.371 e. The Kier molecular flexibility index (Phi) is 3.15. The first-order valence-electron chi connectivity index (χ1n) is 7.02. The van der Waals surface area contributed by atoms with Crippen LogP contribution in [0.3, 0.4) is 0 Å². The van der Waals surface area contributed by atoms with E-state index in [1.807, 2.05) is 6.07 Å². The second kappa shape index (κ2) is 4.82. The van der Waals surface area contributed by atoms with Crippen LogP contribution in [0.25, 0.3) is 10.9 Å². The number of rotatable bonds is 1. The molecule has 2 unspecified atom stereocenters. The second-order valence-corrected chi connectivity index (χ2v) is 5.68. The maximum absolute atomic E-state index is 6.12. The Morgan fingerprint density at radius 1 is 1.32 bits per heavy atom. The van der Waals surface area contributed by atoms with Gasteiger partial charge >= 0.3 is 0 Å². The summed E-state index contributed by atoms with van der Waals surface area (Å²) < 4.78 is 0. The summed E-state index contributed by atoms with van der Waals surface area (Å²) in [7, 11) is 0. The molecule has 1 aliphatic heterocycles. The van der Waals surface area contributed by atoms with Crippen LogP contribution in [0, 0.1) is 12.8 Å². The molecule has 1 saturated heterocycles. The van der Waals surface area contributed by atoms with Crippen molar-refractivity contribution in [2.75, 3.05) is 18.0 Å². The molecule has 2 heterocycles. The van der Waals surface area contributed by atoms with Crippen molar-refractivity contribution < 1.29 is 0 Å². The molecular weight excluding hydrogens is 234 g/mol. The van der Waals surface area contributed by atoms with Crippen LogP contribution in [0.1, 0.15) is 19.0 Å². The van der Waals surface area contributed by atoms with Gasteiger partial charge in [0.15, 0.2) is 0 Å². The number of fused-ring (bicyclic) bond motifs is 1. The summed E-state index contributed by atoms with van der Waals surface area (Å²) in [6.07, 6.45) is 1.07. The minimum absolute atomic E-state index is 0.338. The number of anilines is 1. The molecule has 0 spiro atoms. The number of piperidine rings is 1. The monoisotopic (exact) mass is 255 g/mol. The lowest BCUT2D eigenvalue weighted by Gasteiger charge is -2.37. The summed E-state index contributed by atoms with van der Waals surface area (Å²) in [6, 6.07) is 10.9. The minimum atomic E-state index is 0.338. The summed E-state index contributed by atoms with van der Waals surface area (Å²) in [5, 5.41) is 1.25. The number of benzene rings is 1. The van der Waals surface area contributed by atoms with Gasteiger partial charge in [-0.1, -0.05) is 25.1 Å². The largest absolute Gasteiger partial charge is 0.371 e. The van der Waals surface area contributed by atoms with Crippen molar-refractivity contribution in [2.24, 2.45) is 11.7 Å². The van der Waals surface area contributed by atoms with E-state index in [4.69, 9.17) is 5.73 Å². The van der Waals surface area contributed by atoms with Crippen molar-refractivity contribution in [2.45, 2.75) is 26.3 Å². The first kappa shape index (κ1) is 12.4. The molecule has 1 aliphatic rings. The van der Waals surface area contributed by atoms with Crippen LogP contribution in [0.5, 0.6) is 0 Å². The zero-order valence-electron chi connectivity index (χ0n) is 11.6. The van der Waals surface area contributed by atoms with Crippen LogP contribution in [0.2, 0.25) is 0 Å². The Balaban J connectivity index is 2.05. The Labute approximate surface area is 114 Å². The fourth-order valence-corrected chi connectivity index (χ4v) is 2.93. The zero-order chi connectivity index (χ0) is 13.4. The number of hydrogen-bond donors (Lipinski definition) is 1. The van der Waals surface area contributed by atoms with Crippen molar-refractivity contribution in [3.05, 3.63) is 36.0 Å². The van der Waals surface area contributed by atoms with E-state index in [0.29, 0.717) is 12.0 Å². The first-order chi connectivity index (χ1) is 9.15. The summed E-state index contributed by atoms with van der Waals surface area (Å²) in [4.78, 5) is 7.08. The standard InChI is InChI=1S/C16H21N3/c1-11-10-19(8-7-14(11)17)16-9-12(2)18-15-6-4-3-5-13(15)16/h3-6,9,11,14H,7-8,10,17H2,1-2H3. The lowest BCUT2D eigenvalue weighted by Crippen LogP contribution is -2.46. The molecule has 0 saturated carbocycles. The molecule has 3 heteroatoms. The normalized spacial score (nSPS) is 23.8. The first-order valence-corrected chi connectivity index (χ1v) is 7.02. The van der Waals surface area contributed by atoms with E-state index in [9.17, 15) is 0 Å². The van der Waals surface area contributed by atoms with Gasteiger partial charge in [-0.15, -0.1) is 0 Å². The average molecular weight is 255 g/mol. The Morgan fingerprint density at radius 2 is 2.11 bits per heavy atom. The molecule has 1 aromatic heterocycles. The summed E-state index contributed by atoms with van der Waals surface area (Å²) in [5.41, 5.74) is 9.59. The van der Waals surface area contributed by atoms with Gasteiger partial charge in [-0.05, 0) is 31.4 Å². The summed E-state index contributed by atoms with van der Waals surface area (Å²) in [5.74, 6) is 0.543. The molecule has 2 atom stereocenters. The Morgan fingerprint density at radius 3 is 2.89 bits per heavy atom. The molecule has 100 valence electrons. The number of para-hydroxylation sites is 1. The third kappa shape index (κ3) is 2.30. The van der Waals surface area contributed by atoms with Crippen LogP contribution >= 0.6 is 0 Å². The maximum atomic E-state index is 6.12. The van der Waals surface area contributed by atoms with Gasteiger partial charge in [-0.2, -0.15) is 0 Å². The van der Waals surface area contributed by atoms with Crippen molar-refractivity contribution in [1.82, 2.24) is 4.98 Å². The second-order valence-electron chi connectivity index (χ2n) is 5.68. The molecule has 0 radical (unpaired) electrons. The topological polar surface area (TPSA) is 42.1 Å². The van der Waals surface area contributed by atoms with Crippen LogP contribution in [0.15, 0.2) is 30.3 Å². The maximum Gasteiger partial charge on any atom is 0.0726 e. The highest BCUT2D eigenvalue weighted by atomic mass is 15.1. The van der Waals surface area contributed by atoms with Gasteiger partial charge in [0.05, 0.1) is 5.52 Å². The predicted octanol–water partition coefficient (Wildman–Crippen LogP) is 2.72. The van der Waals surface area contributed by atoms with Gasteiger partial charge in [0, 0.05) is 35.9 Å². The number of nitrogens with two attached hydrogens (primary N) is 1. The van der Waals surface area contributed by atoms with E-state index in [0.717, 1.165) is 30.7 Å². The van der Waals surface area contributed by atoms with Gasteiger partial charge in [0.25, 0.3) is 0 Å². The SMILES string of the molecule is Cc1cc(N2CCC(N)C(C)C2)c2ccccc2n1. The fraction of sp³-hybridized carbons (Fsp3) is 0.438. The molecule has 19 heavy (non-hydrogen) atoms. The van der Waals surface area contributed by atoms with Crippen LogP contribution in [-0.4, -0.2) is 24.1 Å². The average Bonchev–Trinajstić information content (AvgIpc) is 2.41. The smallest absolute Gasteiger partial charge is 0.0726 e. The van der Waals surface area contributed by atoms with E-state index in [-0.39, 0.29) is 0 Å². The van der Waals surface area contributed by atoms with E-state index in [1.54, 1.807) is 0 Å². The molecule has 3 nitrogen and oxygen atoms in total. The number of nitrogens with zero attached hydrogens (tertiary/aromatic N) is 2. The number of aromatic nitrogens is 1. The van der Waals surface area contributed by atoms with Crippen molar-refractivity contribution >= 4 is 16.6 Å². The van der Waals surface area contributed by atoms with E-state index in [2.05, 4.69) is 48.0 Å². The quantitative estimate of drug-likeness (QED) is 0.852. The van der Waals surface area contributed by atoms with Gasteiger partial charge < -0.3 is 10.6 Å². The van der Waals surface area contributed by atoms with Gasteiger partial charge in [-0.3, -0.25) is 4.98 Å². The molecule has 0 aliphatic carbocycles. The molecule has 3 rings (SSSR count). The fourth-order valence-electron chi connectivity index (χ4n) is 2.93. The van der Waals surface area contributed by atoms with Crippen LogP contribution in [0.4, 0.5) is 5.69 Å². The molecule has 0 bridgehead atoms. The molecule has 2 N–H and O–H groups in total. The Hall–Kier alpha value is -1.61. The Bertz CT molecular complexity index is 594.